The van der Waals surface area contributed by atoms with Gasteiger partial charge in [-0.3, -0.25) is 4.90 Å². The first kappa shape index (κ1) is 27.6. The maximum absolute atomic E-state index is 13.0. The Bertz CT molecular complexity index is 1330. The van der Waals surface area contributed by atoms with Gasteiger partial charge in [0.25, 0.3) is 0 Å². The summed E-state index contributed by atoms with van der Waals surface area (Å²) in [6, 6.07) is 7.62. The van der Waals surface area contributed by atoms with Gasteiger partial charge >= 0.3 is 6.18 Å². The second-order valence-electron chi connectivity index (χ2n) is 11.0. The number of benzene rings is 1. The van der Waals surface area contributed by atoms with Crippen LogP contribution >= 0.6 is 11.3 Å². The number of rotatable bonds is 7. The van der Waals surface area contributed by atoms with E-state index in [9.17, 15) is 13.2 Å². The van der Waals surface area contributed by atoms with Crippen LogP contribution in [0.4, 0.5) is 24.9 Å². The topological polar surface area (TPSA) is 93.7 Å². The van der Waals surface area contributed by atoms with Gasteiger partial charge in [-0.15, -0.1) is 11.3 Å². The Morgan fingerprint density at radius 1 is 1.07 bits per heavy atom. The van der Waals surface area contributed by atoms with Crippen LogP contribution in [-0.4, -0.2) is 89.5 Å². The van der Waals surface area contributed by atoms with Crippen LogP contribution in [0.3, 0.4) is 0 Å². The number of aromatic nitrogens is 3. The summed E-state index contributed by atoms with van der Waals surface area (Å²) in [6.07, 6.45) is -4.00. The van der Waals surface area contributed by atoms with Crippen molar-refractivity contribution in [3.8, 4) is 10.6 Å². The van der Waals surface area contributed by atoms with Crippen molar-refractivity contribution in [2.75, 3.05) is 50.0 Å². The number of ether oxygens (including phenoxy) is 3. The molecule has 2 N–H and O–H groups in total. The highest BCUT2D eigenvalue weighted by Gasteiger charge is 2.54. The minimum Gasteiger partial charge on any atom is -0.379 e. The van der Waals surface area contributed by atoms with E-state index in [0.717, 1.165) is 36.3 Å². The van der Waals surface area contributed by atoms with Crippen LogP contribution < -0.4 is 10.6 Å². The Morgan fingerprint density at radius 3 is 2.58 bits per heavy atom. The summed E-state index contributed by atoms with van der Waals surface area (Å²) in [5.41, 5.74) is 2.04. The minimum absolute atomic E-state index is 0.0921. The molecule has 0 radical (unpaired) electrons. The average molecular weight is 579 g/mol. The molecule has 216 valence electrons. The Kier molecular flexibility index (Phi) is 7.36. The largest absolute Gasteiger partial charge is 0.405 e. The van der Waals surface area contributed by atoms with Gasteiger partial charge in [0.05, 0.1) is 46.8 Å². The number of para-hydroxylation sites is 1. The number of halogens is 3. The molecule has 13 heteroatoms. The zero-order chi connectivity index (χ0) is 28.1. The summed E-state index contributed by atoms with van der Waals surface area (Å²) >= 11 is 1.50. The Labute approximate surface area is 234 Å². The number of alkyl halides is 3. The smallest absolute Gasteiger partial charge is 0.379 e. The Morgan fingerprint density at radius 2 is 1.82 bits per heavy atom. The van der Waals surface area contributed by atoms with E-state index < -0.39 is 18.5 Å². The van der Waals surface area contributed by atoms with Crippen molar-refractivity contribution in [2.24, 2.45) is 5.92 Å². The lowest BCUT2D eigenvalue weighted by atomic mass is 10.0. The first-order valence-electron chi connectivity index (χ1n) is 13.5. The van der Waals surface area contributed by atoms with Gasteiger partial charge in [-0.2, -0.15) is 18.2 Å². The average Bonchev–Trinajstić information content (AvgIpc) is 3.54. The first-order valence-corrected chi connectivity index (χ1v) is 14.3. The van der Waals surface area contributed by atoms with E-state index in [4.69, 9.17) is 19.2 Å². The molecule has 0 amide bonds. The number of anilines is 2. The molecule has 6 rings (SSSR count). The second-order valence-corrected chi connectivity index (χ2v) is 12.1. The summed E-state index contributed by atoms with van der Waals surface area (Å²) in [7, 11) is 0. The fourth-order valence-electron chi connectivity index (χ4n) is 5.87. The number of hydrogen-bond donors (Lipinski definition) is 2. The molecule has 1 aliphatic carbocycles. The van der Waals surface area contributed by atoms with E-state index in [0.29, 0.717) is 35.3 Å². The van der Waals surface area contributed by atoms with Gasteiger partial charge in [-0.1, -0.05) is 12.1 Å². The molecule has 40 heavy (non-hydrogen) atoms. The molecular weight excluding hydrogens is 545 g/mol. The molecule has 0 bridgehead atoms. The maximum Gasteiger partial charge on any atom is 0.405 e. The van der Waals surface area contributed by atoms with Crippen LogP contribution in [0.1, 0.15) is 26.0 Å². The highest BCUT2D eigenvalue weighted by atomic mass is 32.1. The molecule has 0 spiro atoms. The molecule has 4 atom stereocenters. The lowest BCUT2D eigenvalue weighted by Crippen LogP contribution is -2.41. The maximum atomic E-state index is 13.0. The molecule has 3 aromatic rings. The van der Waals surface area contributed by atoms with Crippen LogP contribution in [0.25, 0.3) is 20.8 Å². The SMILES string of the molecule is Cc1nc(NCC(F)(F)F)nc(N[C@@H]2C[C@H](CN3CCOCC3)[C@H]3OC(C)(C)O[C@H]32)c1-c1nc2ccccc2s1. The van der Waals surface area contributed by atoms with Crippen molar-refractivity contribution in [3.63, 3.8) is 0 Å². The number of nitrogens with one attached hydrogen (secondary N) is 2. The van der Waals surface area contributed by atoms with Gasteiger partial charge in [0.2, 0.25) is 5.95 Å². The molecule has 2 saturated heterocycles. The van der Waals surface area contributed by atoms with Crippen molar-refractivity contribution in [2.45, 2.75) is 57.4 Å². The van der Waals surface area contributed by atoms with Gasteiger partial charge in [0.1, 0.15) is 23.5 Å². The summed E-state index contributed by atoms with van der Waals surface area (Å²) in [4.78, 5) is 16.1. The van der Waals surface area contributed by atoms with Crippen molar-refractivity contribution in [1.29, 1.82) is 0 Å². The third-order valence-corrected chi connectivity index (χ3v) is 8.60. The third kappa shape index (κ3) is 5.89. The van der Waals surface area contributed by atoms with Gasteiger partial charge in [-0.05, 0) is 39.3 Å². The molecule has 1 aromatic carbocycles. The third-order valence-electron chi connectivity index (χ3n) is 7.54. The molecular formula is C27H33F3N6O3S. The zero-order valence-electron chi connectivity index (χ0n) is 22.6. The summed E-state index contributed by atoms with van der Waals surface area (Å²) < 4.78 is 58.3. The fourth-order valence-corrected chi connectivity index (χ4v) is 6.93. The van der Waals surface area contributed by atoms with Gasteiger partial charge < -0.3 is 24.8 Å². The van der Waals surface area contributed by atoms with E-state index in [-0.39, 0.29) is 30.1 Å². The van der Waals surface area contributed by atoms with E-state index in [1.165, 1.54) is 11.3 Å². The number of hydrogen-bond acceptors (Lipinski definition) is 10. The molecule has 4 heterocycles. The van der Waals surface area contributed by atoms with Gasteiger partial charge in [0.15, 0.2) is 5.79 Å². The summed E-state index contributed by atoms with van der Waals surface area (Å²) in [6.45, 7) is 8.39. The molecule has 2 aliphatic heterocycles. The molecule has 9 nitrogen and oxygen atoms in total. The zero-order valence-corrected chi connectivity index (χ0v) is 23.4. The van der Waals surface area contributed by atoms with Crippen molar-refractivity contribution < 1.29 is 27.4 Å². The highest BCUT2D eigenvalue weighted by molar-refractivity contribution is 7.21. The van der Waals surface area contributed by atoms with Crippen LogP contribution in [0.15, 0.2) is 24.3 Å². The number of thiazole rings is 1. The van der Waals surface area contributed by atoms with Crippen molar-refractivity contribution in [1.82, 2.24) is 19.9 Å². The van der Waals surface area contributed by atoms with E-state index >= 15 is 0 Å². The summed E-state index contributed by atoms with van der Waals surface area (Å²) in [5.74, 6) is -0.194. The molecule has 0 unspecified atom stereocenters. The molecule has 2 aromatic heterocycles. The number of aryl methyl sites for hydroxylation is 1. The lowest BCUT2D eigenvalue weighted by molar-refractivity contribution is -0.158. The van der Waals surface area contributed by atoms with Crippen molar-refractivity contribution in [3.05, 3.63) is 30.0 Å². The molecule has 1 saturated carbocycles. The monoisotopic (exact) mass is 578 g/mol. The number of nitrogens with zero attached hydrogens (tertiary/aromatic N) is 4. The lowest BCUT2D eigenvalue weighted by Gasteiger charge is -2.31. The number of morpholine rings is 1. The minimum atomic E-state index is -4.40. The molecule has 3 fully saturated rings. The highest BCUT2D eigenvalue weighted by Crippen LogP contribution is 2.44. The fraction of sp³-hybridized carbons (Fsp3) is 0.593. The van der Waals surface area contributed by atoms with E-state index in [1.54, 1.807) is 6.92 Å². The summed E-state index contributed by atoms with van der Waals surface area (Å²) in [5, 5.41) is 6.59. The number of fused-ring (bicyclic) bond motifs is 2. The quantitative estimate of drug-likeness (QED) is 0.414. The predicted molar refractivity (Wildman–Crippen MR) is 147 cm³/mol. The first-order chi connectivity index (χ1) is 19.0. The standard InChI is InChI=1S/C27H33F3N6O3S/c1-15-20(24-34-17-6-4-5-7-19(17)40-24)23(35-25(32-15)31-14-27(28,29)30)33-18-12-16(13-36-8-10-37-11-9-36)21-22(18)39-26(2,3)38-21/h4-7,16,18,21-22H,8-14H2,1-3H3,(H2,31,32,33,35)/t16-,18-,21-,22+/m1/s1. The normalized spacial score (nSPS) is 26.8. The van der Waals surface area contributed by atoms with E-state index in [2.05, 4.69) is 25.5 Å². The predicted octanol–water partition coefficient (Wildman–Crippen LogP) is 4.69. The second kappa shape index (κ2) is 10.7. The van der Waals surface area contributed by atoms with Crippen LogP contribution in [-0.2, 0) is 14.2 Å². The van der Waals surface area contributed by atoms with Crippen LogP contribution in [0.5, 0.6) is 0 Å². The van der Waals surface area contributed by atoms with Crippen LogP contribution in [0.2, 0.25) is 0 Å². The van der Waals surface area contributed by atoms with Crippen molar-refractivity contribution >= 4 is 33.3 Å². The van der Waals surface area contributed by atoms with E-state index in [1.807, 2.05) is 38.1 Å². The van der Waals surface area contributed by atoms with Gasteiger partial charge in [0, 0.05) is 25.6 Å². The Hall–Kier alpha value is -2.58. The Balaban J connectivity index is 1.33. The molecule has 3 aliphatic rings. The van der Waals surface area contributed by atoms with Gasteiger partial charge in [-0.25, -0.2) is 9.97 Å². The van der Waals surface area contributed by atoms with Crippen LogP contribution in [0, 0.1) is 12.8 Å².